The molecule has 0 N–H and O–H groups in total. The Balaban J connectivity index is 1.70. The van der Waals surface area contributed by atoms with Gasteiger partial charge in [-0.1, -0.05) is 32.0 Å². The van der Waals surface area contributed by atoms with Gasteiger partial charge in [0.25, 0.3) is 0 Å². The lowest BCUT2D eigenvalue weighted by Crippen LogP contribution is -2.46. The van der Waals surface area contributed by atoms with Gasteiger partial charge in [-0.15, -0.1) is 0 Å². The lowest BCUT2D eigenvalue weighted by molar-refractivity contribution is 0.448. The highest BCUT2D eigenvalue weighted by atomic mass is 16.4. The average Bonchev–Trinajstić information content (AvgIpc) is 2.98. The summed E-state index contributed by atoms with van der Waals surface area (Å²) in [6.45, 7) is 7.73. The molecule has 1 aliphatic heterocycles. The Morgan fingerprint density at radius 3 is 2.39 bits per heavy atom. The van der Waals surface area contributed by atoms with Crippen molar-refractivity contribution in [1.29, 1.82) is 5.26 Å². The van der Waals surface area contributed by atoms with E-state index >= 15 is 0 Å². The normalized spacial score (nSPS) is 15.0. The second-order valence-electron chi connectivity index (χ2n) is 6.28. The van der Waals surface area contributed by atoms with Gasteiger partial charge < -0.3 is 14.2 Å². The fourth-order valence-electron chi connectivity index (χ4n) is 2.89. The number of nitrogens with zero attached hydrogens (tertiary/aromatic N) is 4. The van der Waals surface area contributed by atoms with Crippen LogP contribution in [0.4, 0.5) is 11.6 Å². The molecule has 2 heterocycles. The summed E-state index contributed by atoms with van der Waals surface area (Å²) >= 11 is 0. The quantitative estimate of drug-likeness (QED) is 0.868. The Morgan fingerprint density at radius 1 is 1.13 bits per heavy atom. The van der Waals surface area contributed by atoms with Crippen LogP contribution in [0, 0.1) is 17.2 Å². The van der Waals surface area contributed by atoms with Gasteiger partial charge in [0.15, 0.2) is 5.89 Å². The van der Waals surface area contributed by atoms with Crippen molar-refractivity contribution in [3.05, 3.63) is 41.9 Å². The van der Waals surface area contributed by atoms with E-state index < -0.39 is 0 Å². The monoisotopic (exact) mass is 310 g/mol. The zero-order valence-electron chi connectivity index (χ0n) is 13.7. The molecule has 120 valence electrons. The largest absolute Gasteiger partial charge is 0.424 e. The van der Waals surface area contributed by atoms with E-state index in [-0.39, 0.29) is 0 Å². The van der Waals surface area contributed by atoms with Crippen LogP contribution in [-0.4, -0.2) is 31.2 Å². The zero-order valence-corrected chi connectivity index (χ0v) is 13.7. The van der Waals surface area contributed by atoms with Crippen molar-refractivity contribution in [3.63, 3.8) is 0 Å². The van der Waals surface area contributed by atoms with E-state index in [9.17, 15) is 5.26 Å². The Labute approximate surface area is 137 Å². The maximum absolute atomic E-state index is 9.32. The number of hydrogen-bond acceptors (Lipinski definition) is 5. The summed E-state index contributed by atoms with van der Waals surface area (Å²) in [6.07, 6.45) is 0.763. The molecule has 1 aliphatic rings. The predicted molar refractivity (Wildman–Crippen MR) is 90.6 cm³/mol. The first-order valence-electron chi connectivity index (χ1n) is 8.12. The summed E-state index contributed by atoms with van der Waals surface area (Å²) < 4.78 is 5.87. The Hall–Kier alpha value is -2.48. The average molecular weight is 310 g/mol. The van der Waals surface area contributed by atoms with Gasteiger partial charge in [-0.25, -0.2) is 4.98 Å². The number of anilines is 2. The van der Waals surface area contributed by atoms with E-state index in [1.807, 2.05) is 6.07 Å². The van der Waals surface area contributed by atoms with Crippen LogP contribution in [0.5, 0.6) is 0 Å². The highest BCUT2D eigenvalue weighted by Crippen LogP contribution is 2.25. The molecular formula is C18H22N4O. The van der Waals surface area contributed by atoms with Crippen LogP contribution in [0.15, 0.2) is 34.7 Å². The van der Waals surface area contributed by atoms with E-state index in [4.69, 9.17) is 4.42 Å². The minimum atomic E-state index is 0.411. The molecule has 0 atom stereocenters. The van der Waals surface area contributed by atoms with Crippen LogP contribution < -0.4 is 9.80 Å². The van der Waals surface area contributed by atoms with E-state index in [1.165, 1.54) is 5.69 Å². The van der Waals surface area contributed by atoms with E-state index in [0.29, 0.717) is 23.4 Å². The van der Waals surface area contributed by atoms with Gasteiger partial charge in [-0.2, -0.15) is 5.26 Å². The smallest absolute Gasteiger partial charge is 0.234 e. The van der Waals surface area contributed by atoms with Crippen molar-refractivity contribution >= 4 is 11.6 Å². The van der Waals surface area contributed by atoms with E-state index in [0.717, 1.165) is 32.6 Å². The minimum Gasteiger partial charge on any atom is -0.424 e. The third-order valence-corrected chi connectivity index (χ3v) is 4.03. The second-order valence-corrected chi connectivity index (χ2v) is 6.28. The molecule has 0 bridgehead atoms. The molecule has 1 fully saturated rings. The lowest BCUT2D eigenvalue weighted by Gasteiger charge is -2.35. The summed E-state index contributed by atoms with van der Waals surface area (Å²) in [6, 6.07) is 12.6. The summed E-state index contributed by atoms with van der Waals surface area (Å²) in [5.74, 6) is 1.76. The van der Waals surface area contributed by atoms with Crippen LogP contribution in [0.3, 0.4) is 0 Å². The van der Waals surface area contributed by atoms with E-state index in [2.05, 4.69) is 59.0 Å². The third-order valence-electron chi connectivity index (χ3n) is 4.03. The number of rotatable bonds is 4. The van der Waals surface area contributed by atoms with Gasteiger partial charge in [0.2, 0.25) is 11.6 Å². The van der Waals surface area contributed by atoms with Gasteiger partial charge in [-0.05, 0) is 18.1 Å². The van der Waals surface area contributed by atoms with Gasteiger partial charge >= 0.3 is 0 Å². The van der Waals surface area contributed by atoms with Crippen molar-refractivity contribution in [2.45, 2.75) is 20.3 Å². The predicted octanol–water partition coefficient (Wildman–Crippen LogP) is 3.07. The number of benzene rings is 1. The molecule has 0 amide bonds. The Kier molecular flexibility index (Phi) is 4.52. The standard InChI is InChI=1S/C18H22N4O/c1-14(2)12-17-20-16(13-19)18(23-17)22-10-8-21(9-11-22)15-6-4-3-5-7-15/h3-7,14H,8-12H2,1-2H3. The maximum atomic E-state index is 9.32. The molecule has 0 spiro atoms. The van der Waals surface area contributed by atoms with Gasteiger partial charge in [0.1, 0.15) is 6.07 Å². The molecule has 1 saturated heterocycles. The number of para-hydroxylation sites is 1. The first-order valence-corrected chi connectivity index (χ1v) is 8.12. The Bertz CT molecular complexity index is 679. The lowest BCUT2D eigenvalue weighted by atomic mass is 10.1. The molecule has 0 unspecified atom stereocenters. The summed E-state index contributed by atoms with van der Waals surface area (Å²) in [7, 11) is 0. The maximum Gasteiger partial charge on any atom is 0.234 e. The Morgan fingerprint density at radius 2 is 1.78 bits per heavy atom. The van der Waals surface area contributed by atoms with Crippen LogP contribution in [0.25, 0.3) is 0 Å². The summed E-state index contributed by atoms with van der Waals surface area (Å²) in [5, 5.41) is 9.32. The number of aromatic nitrogens is 1. The van der Waals surface area contributed by atoms with Crippen LogP contribution in [0.2, 0.25) is 0 Å². The van der Waals surface area contributed by atoms with Crippen LogP contribution in [0.1, 0.15) is 25.4 Å². The second kappa shape index (κ2) is 6.74. The fourth-order valence-corrected chi connectivity index (χ4v) is 2.89. The number of oxazole rings is 1. The highest BCUT2D eigenvalue weighted by molar-refractivity contribution is 5.52. The molecule has 2 aromatic rings. The number of nitriles is 1. The van der Waals surface area contributed by atoms with Gasteiger partial charge in [0, 0.05) is 38.3 Å². The molecule has 1 aromatic heterocycles. The van der Waals surface area contributed by atoms with Gasteiger partial charge in [0.05, 0.1) is 0 Å². The first kappa shape index (κ1) is 15.4. The van der Waals surface area contributed by atoms with Crippen molar-refractivity contribution in [1.82, 2.24) is 4.98 Å². The van der Waals surface area contributed by atoms with Crippen molar-refractivity contribution < 1.29 is 4.42 Å². The molecule has 5 heteroatoms. The molecule has 0 radical (unpaired) electrons. The third kappa shape index (κ3) is 3.48. The molecule has 0 aliphatic carbocycles. The number of hydrogen-bond donors (Lipinski definition) is 0. The highest BCUT2D eigenvalue weighted by Gasteiger charge is 2.24. The first-order chi connectivity index (χ1) is 11.2. The SMILES string of the molecule is CC(C)Cc1nc(C#N)c(N2CCN(c3ccccc3)CC2)o1. The topological polar surface area (TPSA) is 56.3 Å². The molecule has 23 heavy (non-hydrogen) atoms. The zero-order chi connectivity index (χ0) is 16.2. The fraction of sp³-hybridized carbons (Fsp3) is 0.444. The van der Waals surface area contributed by atoms with Crippen molar-refractivity contribution in [2.75, 3.05) is 36.0 Å². The molecule has 5 nitrogen and oxygen atoms in total. The molecular weight excluding hydrogens is 288 g/mol. The van der Waals surface area contributed by atoms with E-state index in [1.54, 1.807) is 0 Å². The molecule has 1 aromatic carbocycles. The van der Waals surface area contributed by atoms with Gasteiger partial charge in [-0.3, -0.25) is 0 Å². The number of piperazine rings is 1. The van der Waals surface area contributed by atoms with Crippen molar-refractivity contribution in [3.8, 4) is 6.07 Å². The summed E-state index contributed by atoms with van der Waals surface area (Å²) in [4.78, 5) is 8.83. The molecule has 3 rings (SSSR count). The van der Waals surface area contributed by atoms with Crippen LogP contribution >= 0.6 is 0 Å². The molecule has 0 saturated carbocycles. The minimum absolute atomic E-state index is 0.411. The van der Waals surface area contributed by atoms with Crippen LogP contribution in [-0.2, 0) is 6.42 Å². The van der Waals surface area contributed by atoms with Crippen molar-refractivity contribution in [2.24, 2.45) is 5.92 Å². The summed E-state index contributed by atoms with van der Waals surface area (Å²) in [5.41, 5.74) is 1.65.